The van der Waals surface area contributed by atoms with Gasteiger partial charge in [0.25, 0.3) is 5.91 Å². The number of aromatic carboxylic acids is 1. The first-order chi connectivity index (χ1) is 12.0. The quantitative estimate of drug-likeness (QED) is 0.756. The Morgan fingerprint density at radius 3 is 2.72 bits per heavy atom. The Kier molecular flexibility index (Phi) is 4.10. The summed E-state index contributed by atoms with van der Waals surface area (Å²) in [5.41, 5.74) is 0.502. The third-order valence-electron chi connectivity index (χ3n) is 3.58. The van der Waals surface area contributed by atoms with Gasteiger partial charge in [0.05, 0.1) is 30.0 Å². The maximum atomic E-state index is 12.4. The molecule has 0 aliphatic heterocycles. The van der Waals surface area contributed by atoms with Gasteiger partial charge in [0, 0.05) is 5.39 Å². The molecule has 124 valence electrons. The lowest BCUT2D eigenvalue weighted by Crippen LogP contribution is -2.14. The van der Waals surface area contributed by atoms with Crippen LogP contribution in [-0.2, 0) is 0 Å². The first kappa shape index (κ1) is 16.1. The van der Waals surface area contributed by atoms with E-state index in [9.17, 15) is 14.7 Å². The third-order valence-corrected chi connectivity index (χ3v) is 3.58. The summed E-state index contributed by atoms with van der Waals surface area (Å²) in [5, 5.41) is 21.3. The lowest BCUT2D eigenvalue weighted by molar-refractivity contribution is 0.0698. The molecule has 7 heteroatoms. The Morgan fingerprint density at radius 1 is 1.24 bits per heavy atom. The predicted molar refractivity (Wildman–Crippen MR) is 88.8 cm³/mol. The van der Waals surface area contributed by atoms with E-state index in [0.717, 1.165) is 0 Å². The molecule has 25 heavy (non-hydrogen) atoms. The van der Waals surface area contributed by atoms with Crippen molar-refractivity contribution < 1.29 is 23.8 Å². The molecule has 0 aliphatic rings. The van der Waals surface area contributed by atoms with Crippen LogP contribution in [0.25, 0.3) is 11.0 Å². The molecule has 1 amide bonds. The van der Waals surface area contributed by atoms with Crippen LogP contribution in [0.2, 0.25) is 0 Å². The number of nitriles is 1. The van der Waals surface area contributed by atoms with Crippen molar-refractivity contribution in [1.29, 1.82) is 5.26 Å². The van der Waals surface area contributed by atoms with Crippen LogP contribution >= 0.6 is 0 Å². The Balaban J connectivity index is 1.95. The number of carboxylic acid groups (broad SMARTS) is 1. The summed E-state index contributed by atoms with van der Waals surface area (Å²) in [7, 11) is 1.49. The topological polar surface area (TPSA) is 113 Å². The molecule has 3 aromatic rings. The second kappa shape index (κ2) is 6.37. The largest absolute Gasteiger partial charge is 0.493 e. The minimum Gasteiger partial charge on any atom is -0.493 e. The van der Waals surface area contributed by atoms with Gasteiger partial charge in [0.15, 0.2) is 17.1 Å². The van der Waals surface area contributed by atoms with Crippen molar-refractivity contribution in [3.8, 4) is 11.8 Å². The van der Waals surface area contributed by atoms with E-state index < -0.39 is 11.9 Å². The number of anilines is 1. The molecule has 0 radical (unpaired) electrons. The van der Waals surface area contributed by atoms with Gasteiger partial charge in [-0.2, -0.15) is 5.26 Å². The number of ether oxygens (including phenoxy) is 1. The second-order valence-electron chi connectivity index (χ2n) is 5.12. The Labute approximate surface area is 142 Å². The number of methoxy groups -OCH3 is 1. The smallest absolute Gasteiger partial charge is 0.337 e. The SMILES string of the molecule is COc1cccc2cc(C(=O)Nc3ccc(C#N)cc3C(=O)O)oc12. The number of fused-ring (bicyclic) bond motifs is 1. The number of hydrogen-bond acceptors (Lipinski definition) is 5. The molecule has 0 aliphatic carbocycles. The molecule has 1 aromatic heterocycles. The molecule has 0 saturated carbocycles. The molecule has 2 aromatic carbocycles. The summed E-state index contributed by atoms with van der Waals surface area (Å²) >= 11 is 0. The van der Waals surface area contributed by atoms with Crippen LogP contribution in [0.5, 0.6) is 5.75 Å². The minimum atomic E-state index is -1.25. The fourth-order valence-electron chi connectivity index (χ4n) is 2.39. The highest BCUT2D eigenvalue weighted by molar-refractivity contribution is 6.08. The van der Waals surface area contributed by atoms with Crippen molar-refractivity contribution in [3.63, 3.8) is 0 Å². The van der Waals surface area contributed by atoms with Crippen LogP contribution in [0.15, 0.2) is 46.9 Å². The zero-order valence-corrected chi connectivity index (χ0v) is 13.1. The molecule has 7 nitrogen and oxygen atoms in total. The van der Waals surface area contributed by atoms with Crippen LogP contribution in [-0.4, -0.2) is 24.1 Å². The first-order valence-electron chi connectivity index (χ1n) is 7.19. The number of nitrogens with one attached hydrogen (secondary N) is 1. The van der Waals surface area contributed by atoms with E-state index in [1.807, 2.05) is 6.07 Å². The van der Waals surface area contributed by atoms with Gasteiger partial charge in [0.1, 0.15) is 0 Å². The van der Waals surface area contributed by atoms with E-state index >= 15 is 0 Å². The van der Waals surface area contributed by atoms with Crippen molar-refractivity contribution in [2.75, 3.05) is 12.4 Å². The number of furan rings is 1. The molecule has 0 fully saturated rings. The van der Waals surface area contributed by atoms with Gasteiger partial charge in [0.2, 0.25) is 0 Å². The number of carbonyl (C=O) groups is 2. The van der Waals surface area contributed by atoms with Crippen LogP contribution in [0, 0.1) is 11.3 Å². The molecule has 0 spiro atoms. The van der Waals surface area contributed by atoms with Gasteiger partial charge in [-0.3, -0.25) is 4.79 Å². The molecule has 2 N–H and O–H groups in total. The van der Waals surface area contributed by atoms with Crippen molar-refractivity contribution >= 4 is 28.5 Å². The number of nitrogens with zero attached hydrogens (tertiary/aromatic N) is 1. The molecule has 1 heterocycles. The summed E-state index contributed by atoms with van der Waals surface area (Å²) in [6.45, 7) is 0. The van der Waals surface area contributed by atoms with Gasteiger partial charge >= 0.3 is 5.97 Å². The lowest BCUT2D eigenvalue weighted by Gasteiger charge is -2.07. The van der Waals surface area contributed by atoms with E-state index in [4.69, 9.17) is 14.4 Å². The van der Waals surface area contributed by atoms with Crippen molar-refractivity contribution in [3.05, 3.63) is 59.4 Å². The van der Waals surface area contributed by atoms with Crippen molar-refractivity contribution in [1.82, 2.24) is 0 Å². The van der Waals surface area contributed by atoms with Gasteiger partial charge in [-0.1, -0.05) is 12.1 Å². The minimum absolute atomic E-state index is 0.0141. The molecular formula is C18H12N2O5. The summed E-state index contributed by atoms with van der Waals surface area (Å²) in [6, 6.07) is 12.6. The number of carbonyl (C=O) groups excluding carboxylic acids is 1. The first-order valence-corrected chi connectivity index (χ1v) is 7.19. The number of benzene rings is 2. The normalized spacial score (nSPS) is 10.2. The Hall–Kier alpha value is -3.79. The van der Waals surface area contributed by atoms with E-state index in [0.29, 0.717) is 16.7 Å². The van der Waals surface area contributed by atoms with E-state index in [1.54, 1.807) is 18.2 Å². The summed E-state index contributed by atoms with van der Waals surface area (Å²) < 4.78 is 10.7. The average Bonchev–Trinajstić information content (AvgIpc) is 3.06. The van der Waals surface area contributed by atoms with Crippen LogP contribution < -0.4 is 10.1 Å². The zero-order valence-electron chi connectivity index (χ0n) is 13.1. The van der Waals surface area contributed by atoms with E-state index in [1.165, 1.54) is 31.4 Å². The van der Waals surface area contributed by atoms with E-state index in [-0.39, 0.29) is 22.6 Å². The summed E-state index contributed by atoms with van der Waals surface area (Å²) in [5.74, 6) is -1.36. The predicted octanol–water partition coefficient (Wildman–Crippen LogP) is 3.26. The van der Waals surface area contributed by atoms with Crippen LogP contribution in [0.1, 0.15) is 26.5 Å². The standard InChI is InChI=1S/C18H12N2O5/c1-24-14-4-2-3-11-8-15(25-16(11)14)17(21)20-13-6-5-10(9-19)7-12(13)18(22)23/h2-8H,1H3,(H,20,21)(H,22,23). The number of para-hydroxylation sites is 1. The lowest BCUT2D eigenvalue weighted by atomic mass is 10.1. The molecule has 0 atom stereocenters. The highest BCUT2D eigenvalue weighted by atomic mass is 16.5. The number of amides is 1. The third kappa shape index (κ3) is 3.01. The highest BCUT2D eigenvalue weighted by Gasteiger charge is 2.18. The number of carboxylic acids is 1. The van der Waals surface area contributed by atoms with Gasteiger partial charge < -0.3 is 19.6 Å². The van der Waals surface area contributed by atoms with Crippen LogP contribution in [0.4, 0.5) is 5.69 Å². The number of hydrogen-bond donors (Lipinski definition) is 2. The Morgan fingerprint density at radius 2 is 2.04 bits per heavy atom. The molecule has 0 bridgehead atoms. The summed E-state index contributed by atoms with van der Waals surface area (Å²) in [4.78, 5) is 23.7. The van der Waals surface area contributed by atoms with Gasteiger partial charge in [-0.25, -0.2) is 4.79 Å². The van der Waals surface area contributed by atoms with Crippen LogP contribution in [0.3, 0.4) is 0 Å². The number of rotatable bonds is 4. The summed E-state index contributed by atoms with van der Waals surface area (Å²) in [6.07, 6.45) is 0. The second-order valence-corrected chi connectivity index (χ2v) is 5.12. The average molecular weight is 336 g/mol. The molecule has 0 unspecified atom stereocenters. The Bertz CT molecular complexity index is 1030. The fourth-order valence-corrected chi connectivity index (χ4v) is 2.39. The molecule has 3 rings (SSSR count). The maximum absolute atomic E-state index is 12.4. The van der Waals surface area contributed by atoms with Crippen molar-refractivity contribution in [2.24, 2.45) is 0 Å². The van der Waals surface area contributed by atoms with Gasteiger partial charge in [-0.15, -0.1) is 0 Å². The van der Waals surface area contributed by atoms with Gasteiger partial charge in [-0.05, 0) is 30.3 Å². The fraction of sp³-hybridized carbons (Fsp3) is 0.0556. The van der Waals surface area contributed by atoms with E-state index in [2.05, 4.69) is 5.32 Å². The highest BCUT2D eigenvalue weighted by Crippen LogP contribution is 2.29. The molecule has 0 saturated heterocycles. The zero-order chi connectivity index (χ0) is 18.0. The maximum Gasteiger partial charge on any atom is 0.337 e. The van der Waals surface area contributed by atoms with Crippen molar-refractivity contribution in [2.45, 2.75) is 0 Å². The monoisotopic (exact) mass is 336 g/mol. The molecular weight excluding hydrogens is 324 g/mol.